The lowest BCUT2D eigenvalue weighted by molar-refractivity contribution is -0.242. The number of nitrogens with zero attached hydrogens (tertiary/aromatic N) is 3. The molecule has 2 amide bonds. The highest BCUT2D eigenvalue weighted by Gasteiger charge is 2.47. The van der Waals surface area contributed by atoms with E-state index in [-0.39, 0.29) is 19.1 Å². The predicted molar refractivity (Wildman–Crippen MR) is 81.9 cm³/mol. The second-order valence-electron chi connectivity index (χ2n) is 5.14. The molecular weight excluding hydrogens is 322 g/mol. The summed E-state index contributed by atoms with van der Waals surface area (Å²) in [5.74, 6) is -0.793. The van der Waals surface area contributed by atoms with Crippen LogP contribution in [0.4, 0.5) is 0 Å². The molecule has 0 radical (unpaired) electrons. The average molecular weight is 345 g/mol. The molecule has 2 N–H and O–H groups in total. The lowest BCUT2D eigenvalue weighted by Gasteiger charge is -2.45. The average Bonchev–Trinajstić information content (AvgIpc) is 2.54. The monoisotopic (exact) mass is 345 g/mol. The van der Waals surface area contributed by atoms with Crippen molar-refractivity contribution < 1.29 is 28.5 Å². The van der Waals surface area contributed by atoms with Crippen LogP contribution in [0.15, 0.2) is 5.11 Å². The van der Waals surface area contributed by atoms with Gasteiger partial charge in [0.2, 0.25) is 11.8 Å². The molecule has 0 saturated carbocycles. The first-order chi connectivity index (χ1) is 11.5. The van der Waals surface area contributed by atoms with E-state index < -0.39 is 36.5 Å². The lowest BCUT2D eigenvalue weighted by Crippen LogP contribution is -2.69. The van der Waals surface area contributed by atoms with E-state index in [0.717, 1.165) is 0 Å². The first-order valence-electron chi connectivity index (χ1n) is 7.25. The fourth-order valence-corrected chi connectivity index (χ4v) is 2.62. The first-order valence-corrected chi connectivity index (χ1v) is 7.25. The van der Waals surface area contributed by atoms with Gasteiger partial charge in [0.1, 0.15) is 24.8 Å². The number of ether oxygens (including phenoxy) is 4. The van der Waals surface area contributed by atoms with E-state index in [1.54, 1.807) is 0 Å². The number of azide groups is 1. The largest absolute Gasteiger partial charge is 0.382 e. The minimum atomic E-state index is -0.774. The Kier molecular flexibility index (Phi) is 8.44. The minimum absolute atomic E-state index is 0.166. The first kappa shape index (κ1) is 20.1. The zero-order valence-electron chi connectivity index (χ0n) is 14.1. The summed E-state index contributed by atoms with van der Waals surface area (Å²) in [5, 5.41) is 8.62. The van der Waals surface area contributed by atoms with Crippen molar-refractivity contribution in [3.8, 4) is 0 Å². The fourth-order valence-electron chi connectivity index (χ4n) is 2.62. The predicted octanol–water partition coefficient (Wildman–Crippen LogP) is -0.681. The van der Waals surface area contributed by atoms with Gasteiger partial charge in [-0.15, -0.1) is 0 Å². The summed E-state index contributed by atoms with van der Waals surface area (Å²) >= 11 is 0. The lowest BCUT2D eigenvalue weighted by atomic mass is 9.93. The van der Waals surface area contributed by atoms with Gasteiger partial charge in [-0.25, -0.2) is 0 Å². The van der Waals surface area contributed by atoms with Crippen LogP contribution >= 0.6 is 0 Å². The standard InChI is InChI=1S/C13H23N5O6/c1-7(19)16-11-12(22-3)10(17-9(20)5-15-18-14)8(6-21-2)24-13(11)23-4/h8,10-13H,5-6H2,1-4H3,(H,16,19)(H,17,20)/t8?,10-,11?,12?,13?/m0/s1. The van der Waals surface area contributed by atoms with Gasteiger partial charge >= 0.3 is 0 Å². The number of carbonyl (C=O) groups excluding carboxylic acids is 2. The highest BCUT2D eigenvalue weighted by atomic mass is 16.7. The summed E-state index contributed by atoms with van der Waals surface area (Å²) in [5.41, 5.74) is 8.31. The number of rotatable bonds is 8. The third-order valence-corrected chi connectivity index (χ3v) is 3.52. The van der Waals surface area contributed by atoms with Crippen molar-refractivity contribution in [1.82, 2.24) is 10.6 Å². The van der Waals surface area contributed by atoms with Crippen LogP contribution < -0.4 is 10.6 Å². The van der Waals surface area contributed by atoms with Gasteiger partial charge in [0, 0.05) is 33.2 Å². The third kappa shape index (κ3) is 5.32. The molecule has 4 unspecified atom stereocenters. The summed E-state index contributed by atoms with van der Waals surface area (Å²) in [7, 11) is 4.39. The molecule has 1 aliphatic heterocycles. The van der Waals surface area contributed by atoms with E-state index in [9.17, 15) is 9.59 Å². The maximum absolute atomic E-state index is 11.9. The van der Waals surface area contributed by atoms with Gasteiger partial charge in [0.05, 0.1) is 12.6 Å². The minimum Gasteiger partial charge on any atom is -0.382 e. The normalized spacial score (nSPS) is 29.4. The molecule has 1 rings (SSSR count). The molecule has 0 aromatic rings. The Morgan fingerprint density at radius 2 is 1.92 bits per heavy atom. The summed E-state index contributed by atoms with van der Waals surface area (Å²) in [6.45, 7) is 1.16. The zero-order chi connectivity index (χ0) is 18.1. The number of hydrogen-bond acceptors (Lipinski definition) is 7. The Balaban J connectivity index is 3.03. The van der Waals surface area contributed by atoms with Crippen LogP contribution in [0.1, 0.15) is 6.92 Å². The smallest absolute Gasteiger partial charge is 0.226 e. The van der Waals surface area contributed by atoms with E-state index in [1.807, 2.05) is 0 Å². The van der Waals surface area contributed by atoms with Crippen LogP contribution in [0.5, 0.6) is 0 Å². The van der Waals surface area contributed by atoms with Crippen LogP contribution in [0.3, 0.4) is 0 Å². The van der Waals surface area contributed by atoms with Gasteiger partial charge in [0.25, 0.3) is 0 Å². The van der Waals surface area contributed by atoms with Crippen LogP contribution in [0.2, 0.25) is 0 Å². The van der Waals surface area contributed by atoms with E-state index in [0.29, 0.717) is 0 Å². The summed E-state index contributed by atoms with van der Waals surface area (Å²) < 4.78 is 21.7. The summed E-state index contributed by atoms with van der Waals surface area (Å²) in [6.07, 6.45) is -1.99. The number of amides is 2. The number of carbonyl (C=O) groups is 2. The molecule has 0 bridgehead atoms. The van der Waals surface area contributed by atoms with Crippen molar-refractivity contribution >= 4 is 11.8 Å². The molecule has 1 saturated heterocycles. The SMILES string of the molecule is COCC1OC(OC)C(NC(C)=O)C(OC)[C@H]1NC(=O)CN=[N+]=[N-]. The van der Waals surface area contributed by atoms with Crippen LogP contribution in [-0.4, -0.2) is 76.9 Å². The van der Waals surface area contributed by atoms with Crippen LogP contribution in [0, 0.1) is 0 Å². The Morgan fingerprint density at radius 3 is 2.42 bits per heavy atom. The van der Waals surface area contributed by atoms with Gasteiger partial charge in [-0.1, -0.05) is 5.11 Å². The number of methoxy groups -OCH3 is 3. The Bertz CT molecular complexity index is 483. The van der Waals surface area contributed by atoms with Crippen molar-refractivity contribution in [3.63, 3.8) is 0 Å². The highest BCUT2D eigenvalue weighted by molar-refractivity contribution is 5.78. The molecule has 11 nitrogen and oxygen atoms in total. The molecular formula is C13H23N5O6. The summed E-state index contributed by atoms with van der Waals surface area (Å²) in [4.78, 5) is 25.9. The maximum atomic E-state index is 11.9. The number of nitrogens with one attached hydrogen (secondary N) is 2. The molecule has 5 atom stereocenters. The molecule has 11 heteroatoms. The molecule has 0 aromatic heterocycles. The number of hydrogen-bond donors (Lipinski definition) is 2. The zero-order valence-corrected chi connectivity index (χ0v) is 14.1. The van der Waals surface area contributed by atoms with Crippen LogP contribution in [0.25, 0.3) is 10.4 Å². The maximum Gasteiger partial charge on any atom is 0.226 e. The van der Waals surface area contributed by atoms with E-state index in [2.05, 4.69) is 20.7 Å². The molecule has 136 valence electrons. The molecule has 1 aliphatic rings. The topological polar surface area (TPSA) is 144 Å². The van der Waals surface area contributed by atoms with Crippen molar-refractivity contribution in [2.75, 3.05) is 34.5 Å². The van der Waals surface area contributed by atoms with E-state index >= 15 is 0 Å². The van der Waals surface area contributed by atoms with Gasteiger partial charge in [-0.05, 0) is 5.53 Å². The molecule has 1 heterocycles. The van der Waals surface area contributed by atoms with Gasteiger partial charge in [-0.2, -0.15) is 0 Å². The second kappa shape index (κ2) is 10.1. The fraction of sp³-hybridized carbons (Fsp3) is 0.846. The van der Waals surface area contributed by atoms with E-state index in [4.69, 9.17) is 24.5 Å². The van der Waals surface area contributed by atoms with Gasteiger partial charge in [-0.3, -0.25) is 9.59 Å². The molecule has 0 aromatic carbocycles. The highest BCUT2D eigenvalue weighted by Crippen LogP contribution is 2.24. The van der Waals surface area contributed by atoms with Gasteiger partial charge < -0.3 is 29.6 Å². The Hall–Kier alpha value is -1.91. The van der Waals surface area contributed by atoms with Crippen molar-refractivity contribution in [3.05, 3.63) is 10.4 Å². The van der Waals surface area contributed by atoms with Crippen molar-refractivity contribution in [2.24, 2.45) is 5.11 Å². The van der Waals surface area contributed by atoms with Crippen molar-refractivity contribution in [1.29, 1.82) is 0 Å². The quantitative estimate of drug-likeness (QED) is 0.339. The molecule has 24 heavy (non-hydrogen) atoms. The molecule has 0 aliphatic carbocycles. The van der Waals surface area contributed by atoms with Crippen molar-refractivity contribution in [2.45, 2.75) is 37.5 Å². The second-order valence-corrected chi connectivity index (χ2v) is 5.14. The Morgan fingerprint density at radius 1 is 1.21 bits per heavy atom. The van der Waals surface area contributed by atoms with E-state index in [1.165, 1.54) is 28.3 Å². The molecule has 0 spiro atoms. The summed E-state index contributed by atoms with van der Waals surface area (Å²) in [6, 6.07) is -1.28. The Labute approximate surface area is 139 Å². The molecule has 1 fully saturated rings. The van der Waals surface area contributed by atoms with Gasteiger partial charge in [0.15, 0.2) is 6.29 Å². The van der Waals surface area contributed by atoms with Crippen LogP contribution in [-0.2, 0) is 28.5 Å². The third-order valence-electron chi connectivity index (χ3n) is 3.52.